The molecule has 2 aromatic rings. The second kappa shape index (κ2) is 7.79. The summed E-state index contributed by atoms with van der Waals surface area (Å²) in [4.78, 5) is 26.2. The predicted octanol–water partition coefficient (Wildman–Crippen LogP) is 3.11. The molecule has 1 heterocycles. The van der Waals surface area contributed by atoms with Crippen LogP contribution in [0.4, 0.5) is 15.8 Å². The zero-order valence-corrected chi connectivity index (χ0v) is 13.8. The minimum atomic E-state index is -0.351. The van der Waals surface area contributed by atoms with Gasteiger partial charge >= 0.3 is 0 Å². The van der Waals surface area contributed by atoms with Gasteiger partial charge in [0.15, 0.2) is 0 Å². The van der Waals surface area contributed by atoms with Gasteiger partial charge < -0.3 is 15.5 Å². The van der Waals surface area contributed by atoms with Crippen LogP contribution in [0.2, 0.25) is 0 Å². The first-order chi connectivity index (χ1) is 12.1. The molecular weight excluding hydrogens is 321 g/mol. The Morgan fingerprint density at radius 3 is 2.44 bits per heavy atom. The average Bonchev–Trinajstić information content (AvgIpc) is 3.16. The summed E-state index contributed by atoms with van der Waals surface area (Å²) in [6.45, 7) is 1.66. The maximum Gasteiger partial charge on any atom is 0.253 e. The van der Waals surface area contributed by atoms with Crippen LogP contribution in [0, 0.1) is 5.82 Å². The van der Waals surface area contributed by atoms with E-state index in [1.165, 1.54) is 24.3 Å². The lowest BCUT2D eigenvalue weighted by Crippen LogP contribution is -2.27. The number of nitrogens with one attached hydrogen (secondary N) is 2. The van der Waals surface area contributed by atoms with E-state index in [4.69, 9.17) is 0 Å². The Bertz CT molecular complexity index is 756. The molecule has 2 N–H and O–H groups in total. The van der Waals surface area contributed by atoms with E-state index < -0.39 is 0 Å². The van der Waals surface area contributed by atoms with Crippen molar-refractivity contribution in [3.05, 3.63) is 59.9 Å². The van der Waals surface area contributed by atoms with Crippen molar-refractivity contribution in [3.8, 4) is 0 Å². The van der Waals surface area contributed by atoms with E-state index in [1.807, 2.05) is 11.0 Å². The molecule has 2 amide bonds. The molecule has 5 nitrogen and oxygen atoms in total. The van der Waals surface area contributed by atoms with Crippen LogP contribution in [0.25, 0.3) is 0 Å². The van der Waals surface area contributed by atoms with Crippen LogP contribution in [0.3, 0.4) is 0 Å². The summed E-state index contributed by atoms with van der Waals surface area (Å²) in [6, 6.07) is 12.7. The Balaban J connectivity index is 1.55. The van der Waals surface area contributed by atoms with Crippen molar-refractivity contribution in [1.29, 1.82) is 0 Å². The van der Waals surface area contributed by atoms with Gasteiger partial charge in [-0.1, -0.05) is 6.07 Å². The minimum Gasteiger partial charge on any atom is -0.376 e. The molecule has 0 aliphatic carbocycles. The molecule has 0 radical (unpaired) electrons. The highest BCUT2D eigenvalue weighted by Gasteiger charge is 2.19. The smallest absolute Gasteiger partial charge is 0.253 e. The van der Waals surface area contributed by atoms with E-state index in [2.05, 4.69) is 10.6 Å². The van der Waals surface area contributed by atoms with E-state index in [9.17, 15) is 14.0 Å². The first-order valence-electron chi connectivity index (χ1n) is 8.30. The molecule has 1 saturated heterocycles. The largest absolute Gasteiger partial charge is 0.376 e. The molecule has 6 heteroatoms. The Labute approximate surface area is 145 Å². The van der Waals surface area contributed by atoms with E-state index in [0.717, 1.165) is 25.9 Å². The van der Waals surface area contributed by atoms with Gasteiger partial charge in [0.05, 0.1) is 6.54 Å². The molecule has 1 aliphatic heterocycles. The number of halogens is 1. The molecule has 1 fully saturated rings. The van der Waals surface area contributed by atoms with Crippen molar-refractivity contribution >= 4 is 23.2 Å². The molecule has 0 bridgehead atoms. The van der Waals surface area contributed by atoms with Gasteiger partial charge in [-0.05, 0) is 55.3 Å². The van der Waals surface area contributed by atoms with Gasteiger partial charge in [-0.25, -0.2) is 4.39 Å². The fraction of sp³-hybridized carbons (Fsp3) is 0.263. The van der Waals surface area contributed by atoms with E-state index in [-0.39, 0.29) is 24.2 Å². The predicted molar refractivity (Wildman–Crippen MR) is 95.1 cm³/mol. The van der Waals surface area contributed by atoms with Gasteiger partial charge in [0.1, 0.15) is 5.82 Å². The highest BCUT2D eigenvalue weighted by atomic mass is 19.1. The quantitative estimate of drug-likeness (QED) is 0.878. The van der Waals surface area contributed by atoms with Gasteiger partial charge in [-0.2, -0.15) is 0 Å². The molecule has 3 rings (SSSR count). The van der Waals surface area contributed by atoms with Crippen molar-refractivity contribution in [2.24, 2.45) is 0 Å². The normalized spacial score (nSPS) is 13.6. The molecule has 1 aliphatic rings. The zero-order chi connectivity index (χ0) is 17.6. The SMILES string of the molecule is O=C(CNc1cccc(C(=O)N2CCCC2)c1)Nc1ccc(F)cc1. The number of likely N-dealkylation sites (tertiary alicyclic amines) is 1. The maximum absolute atomic E-state index is 12.9. The molecular formula is C19H20FN3O2. The first-order valence-corrected chi connectivity index (χ1v) is 8.30. The fourth-order valence-corrected chi connectivity index (χ4v) is 2.79. The lowest BCUT2D eigenvalue weighted by molar-refractivity contribution is -0.114. The monoisotopic (exact) mass is 341 g/mol. The molecule has 130 valence electrons. The topological polar surface area (TPSA) is 61.4 Å². The van der Waals surface area contributed by atoms with Crippen LogP contribution in [-0.2, 0) is 4.79 Å². The van der Waals surface area contributed by atoms with Crippen molar-refractivity contribution in [1.82, 2.24) is 4.90 Å². The van der Waals surface area contributed by atoms with E-state index in [1.54, 1.807) is 18.2 Å². The van der Waals surface area contributed by atoms with Gasteiger partial charge in [0.2, 0.25) is 5.91 Å². The van der Waals surface area contributed by atoms with Crippen LogP contribution >= 0.6 is 0 Å². The molecule has 25 heavy (non-hydrogen) atoms. The van der Waals surface area contributed by atoms with Crippen molar-refractivity contribution in [2.45, 2.75) is 12.8 Å². The molecule has 0 saturated carbocycles. The number of nitrogens with zero attached hydrogens (tertiary/aromatic N) is 1. The molecule has 0 atom stereocenters. The lowest BCUT2D eigenvalue weighted by Gasteiger charge is -2.16. The number of carbonyl (C=O) groups is 2. The fourth-order valence-electron chi connectivity index (χ4n) is 2.79. The minimum absolute atomic E-state index is 0.0249. The third-order valence-corrected chi connectivity index (χ3v) is 4.08. The van der Waals surface area contributed by atoms with Crippen molar-refractivity contribution < 1.29 is 14.0 Å². The zero-order valence-electron chi connectivity index (χ0n) is 13.8. The Hall–Kier alpha value is -2.89. The highest BCUT2D eigenvalue weighted by molar-refractivity contribution is 5.96. The number of hydrogen-bond acceptors (Lipinski definition) is 3. The lowest BCUT2D eigenvalue weighted by atomic mass is 10.1. The Kier molecular flexibility index (Phi) is 5.28. The second-order valence-corrected chi connectivity index (χ2v) is 5.99. The summed E-state index contributed by atoms with van der Waals surface area (Å²) in [6.07, 6.45) is 2.10. The van der Waals surface area contributed by atoms with Crippen LogP contribution in [0.5, 0.6) is 0 Å². The first kappa shape index (κ1) is 17.0. The maximum atomic E-state index is 12.9. The van der Waals surface area contributed by atoms with Crippen LogP contribution in [0.15, 0.2) is 48.5 Å². The summed E-state index contributed by atoms with van der Waals surface area (Å²) in [5.74, 6) is -0.574. The number of rotatable bonds is 5. The average molecular weight is 341 g/mol. The summed E-state index contributed by atoms with van der Waals surface area (Å²) in [5.41, 5.74) is 1.86. The van der Waals surface area contributed by atoms with Crippen molar-refractivity contribution in [2.75, 3.05) is 30.3 Å². The number of carbonyl (C=O) groups excluding carboxylic acids is 2. The standard InChI is InChI=1S/C19H20FN3O2/c20-15-6-8-16(9-7-15)22-18(24)13-21-17-5-3-4-14(12-17)19(25)23-10-1-2-11-23/h3-9,12,21H,1-2,10-11,13H2,(H,22,24). The van der Waals surface area contributed by atoms with Gasteiger partial charge in [-0.15, -0.1) is 0 Å². The third-order valence-electron chi connectivity index (χ3n) is 4.08. The van der Waals surface area contributed by atoms with Crippen molar-refractivity contribution in [3.63, 3.8) is 0 Å². The Morgan fingerprint density at radius 1 is 1.00 bits per heavy atom. The van der Waals surface area contributed by atoms with Gasteiger partial charge in [0.25, 0.3) is 5.91 Å². The highest BCUT2D eigenvalue weighted by Crippen LogP contribution is 2.16. The van der Waals surface area contributed by atoms with Gasteiger partial charge in [0, 0.05) is 30.0 Å². The summed E-state index contributed by atoms with van der Waals surface area (Å²) in [5, 5.41) is 5.68. The number of benzene rings is 2. The number of hydrogen-bond donors (Lipinski definition) is 2. The van der Waals surface area contributed by atoms with Crippen LogP contribution in [0.1, 0.15) is 23.2 Å². The second-order valence-electron chi connectivity index (χ2n) is 5.99. The molecule has 0 spiro atoms. The Morgan fingerprint density at radius 2 is 1.72 bits per heavy atom. The molecule has 0 aromatic heterocycles. The van der Waals surface area contributed by atoms with Gasteiger partial charge in [-0.3, -0.25) is 9.59 Å². The molecule has 2 aromatic carbocycles. The molecule has 0 unspecified atom stereocenters. The van der Waals surface area contributed by atoms with Crippen LogP contribution < -0.4 is 10.6 Å². The van der Waals surface area contributed by atoms with E-state index >= 15 is 0 Å². The summed E-state index contributed by atoms with van der Waals surface area (Å²) >= 11 is 0. The summed E-state index contributed by atoms with van der Waals surface area (Å²) in [7, 11) is 0. The third kappa shape index (κ3) is 4.56. The summed E-state index contributed by atoms with van der Waals surface area (Å²) < 4.78 is 12.9. The number of anilines is 2. The van der Waals surface area contributed by atoms with E-state index in [0.29, 0.717) is 16.9 Å². The van der Waals surface area contributed by atoms with Crippen LogP contribution in [-0.4, -0.2) is 36.3 Å². The number of amides is 2.